The van der Waals surface area contributed by atoms with Gasteiger partial charge < -0.3 is 4.74 Å². The monoisotopic (exact) mass is 245 g/mol. The maximum absolute atomic E-state index is 5.29. The average Bonchev–Trinajstić information content (AvgIpc) is 2.86. The molecule has 2 aromatic rings. The molecule has 2 aromatic heterocycles. The summed E-state index contributed by atoms with van der Waals surface area (Å²) in [5.41, 5.74) is 0.838. The molecule has 0 spiro atoms. The highest BCUT2D eigenvalue weighted by atomic mass is 32.1. The highest BCUT2D eigenvalue weighted by molar-refractivity contribution is 7.16. The predicted molar refractivity (Wildman–Crippen MR) is 69.7 cm³/mol. The molecule has 4 nitrogen and oxygen atoms in total. The Morgan fingerprint density at radius 3 is 3.00 bits per heavy atom. The van der Waals surface area contributed by atoms with Crippen LogP contribution < -0.4 is 4.74 Å². The van der Waals surface area contributed by atoms with Crippen LogP contribution >= 0.6 is 11.3 Å². The molecule has 0 saturated carbocycles. The SMILES string of the molecule is COc1nc(C2=CCCC=N2)nc2sccc12. The van der Waals surface area contributed by atoms with Gasteiger partial charge in [0.1, 0.15) is 10.5 Å². The molecule has 1 aliphatic heterocycles. The van der Waals surface area contributed by atoms with Crippen LogP contribution in [0.4, 0.5) is 0 Å². The van der Waals surface area contributed by atoms with Gasteiger partial charge in [-0.05, 0) is 24.3 Å². The Balaban J connectivity index is 2.16. The summed E-state index contributed by atoms with van der Waals surface area (Å²) in [5, 5.41) is 2.95. The van der Waals surface area contributed by atoms with Gasteiger partial charge in [0.25, 0.3) is 0 Å². The van der Waals surface area contributed by atoms with Crippen molar-refractivity contribution in [2.75, 3.05) is 7.11 Å². The van der Waals surface area contributed by atoms with Gasteiger partial charge in [0.2, 0.25) is 5.88 Å². The molecule has 0 fully saturated rings. The maximum Gasteiger partial charge on any atom is 0.225 e. The molecule has 5 heteroatoms. The van der Waals surface area contributed by atoms with E-state index in [0.29, 0.717) is 11.7 Å². The van der Waals surface area contributed by atoms with Gasteiger partial charge in [-0.1, -0.05) is 6.08 Å². The Morgan fingerprint density at radius 2 is 2.24 bits per heavy atom. The topological polar surface area (TPSA) is 47.4 Å². The van der Waals surface area contributed by atoms with Gasteiger partial charge >= 0.3 is 0 Å². The highest BCUT2D eigenvalue weighted by Crippen LogP contribution is 2.29. The van der Waals surface area contributed by atoms with Crippen molar-refractivity contribution >= 4 is 33.5 Å². The molecular weight excluding hydrogens is 234 g/mol. The van der Waals surface area contributed by atoms with Gasteiger partial charge in [-0.3, -0.25) is 4.99 Å². The summed E-state index contributed by atoms with van der Waals surface area (Å²) < 4.78 is 5.29. The van der Waals surface area contributed by atoms with Crippen LogP contribution in [-0.2, 0) is 0 Å². The lowest BCUT2D eigenvalue weighted by Gasteiger charge is -2.07. The van der Waals surface area contributed by atoms with E-state index in [-0.39, 0.29) is 0 Å². The van der Waals surface area contributed by atoms with Gasteiger partial charge in [-0.25, -0.2) is 4.98 Å². The average molecular weight is 245 g/mol. The smallest absolute Gasteiger partial charge is 0.225 e. The third-order valence-electron chi connectivity index (χ3n) is 2.58. The van der Waals surface area contributed by atoms with Gasteiger partial charge in [-0.15, -0.1) is 11.3 Å². The van der Waals surface area contributed by atoms with Crippen LogP contribution in [-0.4, -0.2) is 23.3 Å². The first-order valence-electron chi connectivity index (χ1n) is 5.41. The molecule has 0 saturated heterocycles. The minimum atomic E-state index is 0.618. The van der Waals surface area contributed by atoms with Crippen LogP contribution in [0.2, 0.25) is 0 Å². The van der Waals surface area contributed by atoms with E-state index < -0.39 is 0 Å². The number of allylic oxidation sites excluding steroid dienone is 1. The summed E-state index contributed by atoms with van der Waals surface area (Å²) in [6.07, 6.45) is 5.95. The van der Waals surface area contributed by atoms with Gasteiger partial charge in [0, 0.05) is 6.21 Å². The molecule has 0 unspecified atom stereocenters. The zero-order valence-electron chi connectivity index (χ0n) is 9.38. The van der Waals surface area contributed by atoms with Crippen molar-refractivity contribution in [2.24, 2.45) is 4.99 Å². The molecule has 3 heterocycles. The first-order valence-corrected chi connectivity index (χ1v) is 6.29. The molecule has 1 aliphatic rings. The zero-order chi connectivity index (χ0) is 11.7. The number of methoxy groups -OCH3 is 1. The quantitative estimate of drug-likeness (QED) is 0.817. The normalized spacial score (nSPS) is 15.0. The van der Waals surface area contributed by atoms with Crippen molar-refractivity contribution in [1.82, 2.24) is 9.97 Å². The van der Waals surface area contributed by atoms with Crippen molar-refractivity contribution in [3.8, 4) is 5.88 Å². The molecule has 17 heavy (non-hydrogen) atoms. The molecule has 0 atom stereocenters. The number of aromatic nitrogens is 2. The van der Waals surface area contributed by atoms with E-state index in [0.717, 1.165) is 28.8 Å². The number of nitrogens with zero attached hydrogens (tertiary/aromatic N) is 3. The van der Waals surface area contributed by atoms with Crippen molar-refractivity contribution in [2.45, 2.75) is 12.8 Å². The minimum absolute atomic E-state index is 0.618. The summed E-state index contributed by atoms with van der Waals surface area (Å²) >= 11 is 1.58. The van der Waals surface area contributed by atoms with E-state index >= 15 is 0 Å². The molecule has 3 rings (SSSR count). The number of fused-ring (bicyclic) bond motifs is 1. The molecule has 0 N–H and O–H groups in total. The van der Waals surface area contributed by atoms with E-state index in [1.165, 1.54) is 0 Å². The molecule has 0 aliphatic carbocycles. The Labute approximate surface area is 103 Å². The first kappa shape index (κ1) is 10.4. The summed E-state index contributed by atoms with van der Waals surface area (Å²) in [6.45, 7) is 0. The Morgan fingerprint density at radius 1 is 1.29 bits per heavy atom. The molecule has 86 valence electrons. The van der Waals surface area contributed by atoms with Crippen LogP contribution in [0.15, 0.2) is 22.5 Å². The van der Waals surface area contributed by atoms with Crippen molar-refractivity contribution in [1.29, 1.82) is 0 Å². The van der Waals surface area contributed by atoms with E-state index in [9.17, 15) is 0 Å². The molecule has 0 aromatic carbocycles. The minimum Gasteiger partial charge on any atom is -0.480 e. The Kier molecular flexibility index (Phi) is 2.60. The van der Waals surface area contributed by atoms with Crippen molar-refractivity contribution in [3.63, 3.8) is 0 Å². The van der Waals surface area contributed by atoms with E-state index in [1.54, 1.807) is 18.4 Å². The molecule has 0 amide bonds. The van der Waals surface area contributed by atoms with Gasteiger partial charge in [-0.2, -0.15) is 4.98 Å². The number of ether oxygens (including phenoxy) is 1. The van der Waals surface area contributed by atoms with Crippen LogP contribution in [0.1, 0.15) is 18.7 Å². The number of rotatable bonds is 2. The summed E-state index contributed by atoms with van der Waals surface area (Å²) in [4.78, 5) is 14.2. The van der Waals surface area contributed by atoms with Crippen LogP contribution in [0.3, 0.4) is 0 Å². The highest BCUT2D eigenvalue weighted by Gasteiger charge is 2.12. The van der Waals surface area contributed by atoms with Crippen molar-refractivity contribution in [3.05, 3.63) is 23.3 Å². The van der Waals surface area contributed by atoms with Crippen LogP contribution in [0.25, 0.3) is 15.9 Å². The second-order valence-electron chi connectivity index (χ2n) is 3.67. The van der Waals surface area contributed by atoms with E-state index in [4.69, 9.17) is 4.74 Å². The lowest BCUT2D eigenvalue weighted by atomic mass is 10.2. The lowest BCUT2D eigenvalue weighted by Crippen LogP contribution is -1.98. The van der Waals surface area contributed by atoms with Crippen molar-refractivity contribution < 1.29 is 4.74 Å². The van der Waals surface area contributed by atoms with E-state index in [2.05, 4.69) is 21.0 Å². The molecule has 0 radical (unpaired) electrons. The number of hydrogen-bond acceptors (Lipinski definition) is 5. The van der Waals surface area contributed by atoms with Gasteiger partial charge in [0.05, 0.1) is 12.5 Å². The Hall–Kier alpha value is -1.75. The first-order chi connectivity index (χ1) is 8.38. The summed E-state index contributed by atoms with van der Waals surface area (Å²) in [5.74, 6) is 1.26. The third-order valence-corrected chi connectivity index (χ3v) is 3.38. The standard InChI is InChI=1S/C12H11N3OS/c1-16-11-8-5-7-17-12(8)15-10(14-11)9-4-2-3-6-13-9/h4-7H,2-3H2,1H3. The van der Waals surface area contributed by atoms with Crippen LogP contribution in [0.5, 0.6) is 5.88 Å². The number of thiophene rings is 1. The molecular formula is C12H11N3OS. The maximum atomic E-state index is 5.29. The predicted octanol–water partition coefficient (Wildman–Crippen LogP) is 2.91. The summed E-state index contributed by atoms with van der Waals surface area (Å²) in [6, 6.07) is 1.97. The van der Waals surface area contributed by atoms with Crippen LogP contribution in [0, 0.1) is 0 Å². The number of aliphatic imine (C=N–C) groups is 1. The lowest BCUT2D eigenvalue weighted by molar-refractivity contribution is 0.402. The van der Waals surface area contributed by atoms with E-state index in [1.807, 2.05) is 17.7 Å². The Bertz CT molecular complexity index is 615. The fourth-order valence-electron chi connectivity index (χ4n) is 1.76. The second kappa shape index (κ2) is 4.25. The zero-order valence-corrected chi connectivity index (χ0v) is 10.2. The van der Waals surface area contributed by atoms with Gasteiger partial charge in [0.15, 0.2) is 5.82 Å². The fraction of sp³-hybridized carbons (Fsp3) is 0.250. The number of hydrogen-bond donors (Lipinski definition) is 0. The largest absolute Gasteiger partial charge is 0.480 e. The fourth-order valence-corrected chi connectivity index (χ4v) is 2.51. The third kappa shape index (κ3) is 1.82. The molecule has 0 bridgehead atoms. The summed E-state index contributed by atoms with van der Waals surface area (Å²) in [7, 11) is 1.63. The second-order valence-corrected chi connectivity index (χ2v) is 4.57.